The van der Waals surface area contributed by atoms with Gasteiger partial charge in [-0.25, -0.2) is 13.8 Å². The summed E-state index contributed by atoms with van der Waals surface area (Å²) in [6.45, 7) is 2.72. The van der Waals surface area contributed by atoms with Crippen molar-refractivity contribution in [3.05, 3.63) is 88.6 Å². The Morgan fingerprint density at radius 2 is 1.76 bits per heavy atom. The molecule has 2 aliphatic heterocycles. The van der Waals surface area contributed by atoms with E-state index in [4.69, 9.17) is 4.74 Å². The number of rotatable bonds is 5. The van der Waals surface area contributed by atoms with Gasteiger partial charge in [0.05, 0.1) is 23.0 Å². The van der Waals surface area contributed by atoms with Gasteiger partial charge in [-0.05, 0) is 79.6 Å². The Balaban J connectivity index is 1.11. The Morgan fingerprint density at radius 1 is 1.00 bits per heavy atom. The van der Waals surface area contributed by atoms with Gasteiger partial charge in [-0.15, -0.1) is 0 Å². The minimum atomic E-state index is -0.946. The zero-order valence-electron chi connectivity index (χ0n) is 22.9. The summed E-state index contributed by atoms with van der Waals surface area (Å²) < 4.78 is 34.7. The fraction of sp³-hybridized carbons (Fsp3) is 0.406. The maximum Gasteiger partial charge on any atom is 0.243 e. The Kier molecular flexibility index (Phi) is 5.94. The molecule has 2 fully saturated rings. The number of hydrogen-bond donors (Lipinski definition) is 2. The van der Waals surface area contributed by atoms with E-state index in [2.05, 4.69) is 15.6 Å². The van der Waals surface area contributed by atoms with Crippen LogP contribution in [0.1, 0.15) is 54.9 Å². The van der Waals surface area contributed by atoms with Crippen LogP contribution in [0.3, 0.4) is 0 Å². The van der Waals surface area contributed by atoms with E-state index >= 15 is 0 Å². The molecule has 2 amide bonds. The Hall–Kier alpha value is -3.85. The molecule has 2 atom stereocenters. The van der Waals surface area contributed by atoms with Crippen molar-refractivity contribution in [2.24, 2.45) is 0 Å². The van der Waals surface area contributed by atoms with Crippen LogP contribution in [0.2, 0.25) is 0 Å². The van der Waals surface area contributed by atoms with Crippen LogP contribution in [0.4, 0.5) is 14.6 Å². The number of pyridine rings is 1. The molecule has 1 saturated carbocycles. The Bertz CT molecular complexity index is 1550. The van der Waals surface area contributed by atoms with E-state index < -0.39 is 28.1 Å². The van der Waals surface area contributed by atoms with Gasteiger partial charge >= 0.3 is 0 Å². The number of hydrogen-bond acceptors (Lipinski definition) is 5. The van der Waals surface area contributed by atoms with Crippen molar-refractivity contribution >= 4 is 17.6 Å². The highest BCUT2D eigenvalue weighted by molar-refractivity contribution is 6.06. The molecule has 1 aromatic heterocycles. The number of fused-ring (bicyclic) bond motifs is 3. The highest BCUT2D eigenvalue weighted by Gasteiger charge is 2.53. The lowest BCUT2D eigenvalue weighted by Gasteiger charge is -2.52. The normalized spacial score (nSPS) is 26.0. The number of carbonyl (C=O) groups is 2. The lowest BCUT2D eigenvalue weighted by atomic mass is 9.79. The predicted molar refractivity (Wildman–Crippen MR) is 149 cm³/mol. The predicted octanol–water partition coefficient (Wildman–Crippen LogP) is 4.39. The highest BCUT2D eigenvalue weighted by atomic mass is 19.1. The molecule has 3 heterocycles. The van der Waals surface area contributed by atoms with Crippen LogP contribution >= 0.6 is 0 Å². The second kappa shape index (κ2) is 9.34. The fourth-order valence-electron chi connectivity index (χ4n) is 7.42. The number of anilines is 1. The topological polar surface area (TPSA) is 83.6 Å². The third kappa shape index (κ3) is 4.04. The summed E-state index contributed by atoms with van der Waals surface area (Å²) in [6, 6.07) is 13.2. The minimum absolute atomic E-state index is 0.0315. The van der Waals surface area contributed by atoms with Gasteiger partial charge in [0.2, 0.25) is 11.8 Å². The molecule has 2 aliphatic carbocycles. The first-order chi connectivity index (χ1) is 19.7. The van der Waals surface area contributed by atoms with E-state index in [1.54, 1.807) is 11.1 Å². The quantitative estimate of drug-likeness (QED) is 0.486. The standard InChI is InChI=1S/C32H32F2N4O3/c1-30(22-14-23(33)16-24(34)15-22)19-36-32(8-2-3-9-32)29(40)38(30)11-12-41-25-7-6-20-17-31(18-21(20)13-25)26-5-4-10-35-27(26)37-28(31)39/h4-7,10,13-16,36H,2-3,8-9,11-12,17-19H2,1H3,(H,35,37,39)/t30-,31+/m0/s1. The van der Waals surface area contributed by atoms with Crippen molar-refractivity contribution in [1.29, 1.82) is 0 Å². The lowest BCUT2D eigenvalue weighted by molar-refractivity contribution is -0.151. The van der Waals surface area contributed by atoms with E-state index in [9.17, 15) is 18.4 Å². The number of amides is 2. The number of carbonyl (C=O) groups excluding carboxylic acids is 2. The largest absolute Gasteiger partial charge is 0.492 e. The molecule has 2 spiro atoms. The fourth-order valence-corrected chi connectivity index (χ4v) is 7.42. The average Bonchev–Trinajstić information content (AvgIpc) is 3.65. The van der Waals surface area contributed by atoms with Crippen molar-refractivity contribution in [2.75, 3.05) is 25.0 Å². The number of piperazine rings is 1. The van der Waals surface area contributed by atoms with Gasteiger partial charge in [-0.2, -0.15) is 0 Å². The first kappa shape index (κ1) is 26.1. The lowest BCUT2D eigenvalue weighted by Crippen LogP contribution is -2.70. The summed E-state index contributed by atoms with van der Waals surface area (Å²) in [4.78, 5) is 33.1. The molecule has 4 aliphatic rings. The molecule has 3 aromatic rings. The van der Waals surface area contributed by atoms with Crippen LogP contribution in [0, 0.1) is 11.6 Å². The average molecular weight is 559 g/mol. The van der Waals surface area contributed by atoms with Gasteiger partial charge in [-0.3, -0.25) is 9.59 Å². The summed E-state index contributed by atoms with van der Waals surface area (Å²) in [5.41, 5.74) is 1.25. The molecule has 1 saturated heterocycles. The minimum Gasteiger partial charge on any atom is -0.492 e. The van der Waals surface area contributed by atoms with Crippen molar-refractivity contribution in [2.45, 2.75) is 61.9 Å². The first-order valence-corrected chi connectivity index (χ1v) is 14.3. The van der Waals surface area contributed by atoms with E-state index in [0.717, 1.165) is 48.4 Å². The first-order valence-electron chi connectivity index (χ1n) is 14.3. The van der Waals surface area contributed by atoms with Gasteiger partial charge in [0.25, 0.3) is 0 Å². The van der Waals surface area contributed by atoms with Crippen molar-refractivity contribution in [3.63, 3.8) is 0 Å². The van der Waals surface area contributed by atoms with E-state index in [-0.39, 0.29) is 25.0 Å². The van der Waals surface area contributed by atoms with Gasteiger partial charge in [-0.1, -0.05) is 25.0 Å². The number of nitrogens with one attached hydrogen (secondary N) is 2. The summed E-state index contributed by atoms with van der Waals surface area (Å²) in [7, 11) is 0. The third-order valence-electron chi connectivity index (χ3n) is 9.70. The van der Waals surface area contributed by atoms with Gasteiger partial charge in [0.1, 0.15) is 29.8 Å². The molecular formula is C32H32F2N4O3. The smallest absolute Gasteiger partial charge is 0.243 e. The van der Waals surface area contributed by atoms with Crippen LogP contribution in [-0.4, -0.2) is 46.9 Å². The van der Waals surface area contributed by atoms with Gasteiger partial charge in [0.15, 0.2) is 0 Å². The number of benzene rings is 2. The summed E-state index contributed by atoms with van der Waals surface area (Å²) in [5.74, 6) is -0.137. The molecule has 7 rings (SSSR count). The molecule has 212 valence electrons. The van der Waals surface area contributed by atoms with Crippen LogP contribution < -0.4 is 15.4 Å². The maximum atomic E-state index is 14.3. The monoisotopic (exact) mass is 558 g/mol. The van der Waals surface area contributed by atoms with E-state index in [1.807, 2.05) is 37.3 Å². The number of aromatic nitrogens is 1. The number of halogens is 2. The molecule has 0 bridgehead atoms. The van der Waals surface area contributed by atoms with Gasteiger partial charge < -0.3 is 20.3 Å². The van der Waals surface area contributed by atoms with Crippen LogP contribution in [0.25, 0.3) is 0 Å². The molecular weight excluding hydrogens is 526 g/mol. The molecule has 9 heteroatoms. The zero-order chi connectivity index (χ0) is 28.4. The Labute approximate surface area is 237 Å². The molecule has 0 radical (unpaired) electrons. The summed E-state index contributed by atoms with van der Waals surface area (Å²) in [6.07, 6.45) is 6.26. The number of nitrogens with zero attached hydrogens (tertiary/aromatic N) is 2. The highest BCUT2D eigenvalue weighted by Crippen LogP contribution is 2.47. The second-order valence-corrected chi connectivity index (χ2v) is 12.1. The van der Waals surface area contributed by atoms with Crippen molar-refractivity contribution in [3.8, 4) is 5.75 Å². The van der Waals surface area contributed by atoms with Crippen molar-refractivity contribution in [1.82, 2.24) is 15.2 Å². The third-order valence-corrected chi connectivity index (χ3v) is 9.70. The van der Waals surface area contributed by atoms with Crippen LogP contribution in [0.15, 0.2) is 54.7 Å². The number of ether oxygens (including phenoxy) is 1. The molecule has 0 unspecified atom stereocenters. The molecule has 2 N–H and O–H groups in total. The van der Waals surface area contributed by atoms with Crippen LogP contribution in [-0.2, 0) is 33.4 Å². The van der Waals surface area contributed by atoms with E-state index in [1.165, 1.54) is 12.1 Å². The SMILES string of the molecule is C[C@@]1(c2cc(F)cc(F)c2)CNC2(CCCC2)C(=O)N1CCOc1ccc2c(c1)C[C@@]1(C2)C(=O)Nc2ncccc21. The summed E-state index contributed by atoms with van der Waals surface area (Å²) >= 11 is 0. The molecule has 41 heavy (non-hydrogen) atoms. The molecule has 2 aromatic carbocycles. The van der Waals surface area contributed by atoms with Gasteiger partial charge in [0, 0.05) is 24.4 Å². The molecule has 7 nitrogen and oxygen atoms in total. The van der Waals surface area contributed by atoms with Crippen molar-refractivity contribution < 1.29 is 23.1 Å². The second-order valence-electron chi connectivity index (χ2n) is 12.1. The Morgan fingerprint density at radius 3 is 2.54 bits per heavy atom. The summed E-state index contributed by atoms with van der Waals surface area (Å²) in [5, 5.41) is 6.39. The van der Waals surface area contributed by atoms with Crippen LogP contribution in [0.5, 0.6) is 5.75 Å². The van der Waals surface area contributed by atoms with E-state index in [0.29, 0.717) is 36.5 Å². The zero-order valence-corrected chi connectivity index (χ0v) is 22.9. The maximum absolute atomic E-state index is 14.3.